The second-order valence-electron chi connectivity index (χ2n) is 15.5. The minimum absolute atomic E-state index is 0. The molecule has 1 spiro atoms. The Morgan fingerprint density at radius 1 is 0.892 bits per heavy atom. The number of aryl methyl sites for hydroxylation is 2. The molecule has 2 aliphatic carbocycles. The van der Waals surface area contributed by atoms with E-state index < -0.39 is 72.2 Å². The van der Waals surface area contributed by atoms with Crippen molar-refractivity contribution in [3.63, 3.8) is 0 Å². The topological polar surface area (TPSA) is 313 Å². The molecule has 6 rings (SSSR count). The summed E-state index contributed by atoms with van der Waals surface area (Å²) in [6.07, 6.45) is -3.63. The molecule has 2 saturated carbocycles. The average Bonchev–Trinajstić information content (AvgIpc) is 3.96. The number of esters is 3. The van der Waals surface area contributed by atoms with Crippen LogP contribution in [0.2, 0.25) is 0 Å². The van der Waals surface area contributed by atoms with Crippen molar-refractivity contribution in [3.8, 4) is 11.6 Å². The molecule has 2 fully saturated rings. The number of hydrogen-bond acceptors (Lipinski definition) is 17. The van der Waals surface area contributed by atoms with Crippen LogP contribution in [-0.4, -0.2) is 124 Å². The molecule has 4 aromatic rings. The third-order valence-electron chi connectivity index (χ3n) is 9.79. The Labute approximate surface area is 442 Å². The van der Waals surface area contributed by atoms with Gasteiger partial charge in [0.15, 0.2) is 11.3 Å². The third kappa shape index (κ3) is 20.3. The molecule has 74 heavy (non-hydrogen) atoms. The maximum Gasteiger partial charge on any atom is 1.00 e. The number of ether oxygens (including phenoxy) is 6. The van der Waals surface area contributed by atoms with Gasteiger partial charge < -0.3 is 44.6 Å². The Bertz CT molecular complexity index is 2510. The van der Waals surface area contributed by atoms with Gasteiger partial charge in [-0.05, 0) is 78.0 Å². The van der Waals surface area contributed by atoms with E-state index in [1.54, 1.807) is 55.8 Å². The average molecular weight is 1080 g/mol. The van der Waals surface area contributed by atoms with Crippen molar-refractivity contribution in [2.45, 2.75) is 91.2 Å². The largest absolute Gasteiger partial charge is 1.00 e. The molecule has 30 heteroatoms. The van der Waals surface area contributed by atoms with Crippen LogP contribution in [0.15, 0.2) is 47.4 Å². The number of nitrogens with zero attached hydrogens (tertiary/aromatic N) is 5. The van der Waals surface area contributed by atoms with E-state index in [2.05, 4.69) is 46.0 Å². The normalized spacial score (nSPS) is 16.1. The van der Waals surface area contributed by atoms with Crippen LogP contribution in [0.4, 0.5) is 26.3 Å². The standard InChI is InChI=1S/C24H24F6N6O4.C10H16O5.C7H10N2O3.C2H5O.CH6N2.Na/c1-35-11-15(18(31)37)20(34-35)40-14-8-22(9-14)6-12(7-22)32-19(38)17-16-3-2-13(39-5-4-23(25,26)27)10-36(16)21(33-17)24(28,29)30;1-4-13-7-8(9(11)14-5-2)10(12)15-6-3;1-3-12-7(11)5-4-9(2)8-6(5)10;1-2-3;1-3-2;/h2-3,10-12,14H,4-9H2,1H3,(H2,31,37)(H,32,38);7H,4-6H2,1-3H3;4H,3H2,1-2H3,(H,8,10);2H2,1H3;3H,2H2,1H3;/q;;;-1;;+1. The number of H-pyrrole nitrogens is 1. The molecule has 408 valence electrons. The quantitative estimate of drug-likeness (QED) is 0.00943. The van der Waals surface area contributed by atoms with E-state index in [0.717, 1.165) is 18.5 Å². The molecule has 4 aromatic heterocycles. The molecule has 0 atom stereocenters. The van der Waals surface area contributed by atoms with E-state index in [4.69, 9.17) is 25.1 Å². The number of fused-ring (bicyclic) bond motifs is 1. The molecule has 0 aliphatic heterocycles. The predicted molar refractivity (Wildman–Crippen MR) is 243 cm³/mol. The van der Waals surface area contributed by atoms with Crippen molar-refractivity contribution >= 4 is 35.2 Å². The van der Waals surface area contributed by atoms with Crippen LogP contribution >= 0.6 is 0 Å². The van der Waals surface area contributed by atoms with Crippen LogP contribution in [0.1, 0.15) is 104 Å². The zero-order valence-corrected chi connectivity index (χ0v) is 44.4. The Balaban J connectivity index is 0.000000659. The molecule has 4 heterocycles. The Kier molecular flexibility index (Phi) is 27.5. The van der Waals surface area contributed by atoms with Gasteiger partial charge in [0.25, 0.3) is 17.4 Å². The van der Waals surface area contributed by atoms with Crippen LogP contribution < -0.4 is 72.0 Å². The number of carbonyl (C=O) groups excluding carboxylic acids is 5. The first-order chi connectivity index (χ1) is 34.3. The summed E-state index contributed by atoms with van der Waals surface area (Å²) in [4.78, 5) is 72.6. The summed E-state index contributed by atoms with van der Waals surface area (Å²) < 4.78 is 111. The van der Waals surface area contributed by atoms with Gasteiger partial charge in [0.1, 0.15) is 29.2 Å². The first-order valence-electron chi connectivity index (χ1n) is 22.4. The van der Waals surface area contributed by atoms with Crippen molar-refractivity contribution in [3.05, 3.63) is 75.6 Å². The number of hydrogen-bond donors (Lipinski definition) is 5. The Hall–Kier alpha value is -6.14. The van der Waals surface area contributed by atoms with Crippen LogP contribution in [0.25, 0.3) is 5.52 Å². The first kappa shape index (κ1) is 65.9. The number of nitrogens with one attached hydrogen (secondary N) is 3. The number of imidazole rings is 1. The van der Waals surface area contributed by atoms with Crippen molar-refractivity contribution in [1.29, 1.82) is 0 Å². The number of pyridine rings is 1. The molecule has 0 unspecified atom stereocenters. The summed E-state index contributed by atoms with van der Waals surface area (Å²) in [5.41, 5.74) is 6.44. The molecular weight excluding hydrogens is 1010 g/mol. The number of aromatic nitrogens is 6. The number of rotatable bonds is 16. The smallest absolute Gasteiger partial charge is 0.855 e. The number of nitrogens with two attached hydrogens (primary N) is 2. The van der Waals surface area contributed by atoms with Crippen LogP contribution in [0.3, 0.4) is 0 Å². The van der Waals surface area contributed by atoms with Crippen LogP contribution in [0, 0.1) is 5.41 Å². The molecule has 23 nitrogen and oxygen atoms in total. The van der Waals surface area contributed by atoms with Crippen molar-refractivity contribution in [2.24, 2.45) is 31.1 Å². The number of amides is 2. The minimum Gasteiger partial charge on any atom is -0.855 e. The second kappa shape index (κ2) is 30.9. The van der Waals surface area contributed by atoms with Gasteiger partial charge in [-0.15, -0.1) is 11.7 Å². The first-order valence-corrected chi connectivity index (χ1v) is 22.4. The number of halogens is 6. The van der Waals surface area contributed by atoms with Crippen molar-refractivity contribution < 1.29 is 113 Å². The van der Waals surface area contributed by atoms with E-state index in [1.165, 1.54) is 27.8 Å². The van der Waals surface area contributed by atoms with E-state index >= 15 is 0 Å². The summed E-state index contributed by atoms with van der Waals surface area (Å²) in [6, 6.07) is 2.04. The SMILES string of the molecule is CCOC(=O)c1cn(C)[nH]c1=O.CCOC=C(C(=O)OCC)C(=O)OCC.CC[O-].CNN.Cn1cc(C(N)=O)c(OC2CC3(CC(NC(=O)c4nc(C(F)(F)F)n5cc(OCCC(F)(F)F)ccc45)C3)C2)n1.[Na+]. The predicted octanol–water partition coefficient (Wildman–Crippen LogP) is 0.00990. The second-order valence-corrected chi connectivity index (χ2v) is 15.5. The number of primary amides is 1. The molecule has 2 aliphatic rings. The molecule has 0 aromatic carbocycles. The molecule has 7 N–H and O–H groups in total. The number of carbonyl (C=O) groups is 5. The van der Waals surface area contributed by atoms with Gasteiger partial charge in [0.05, 0.1) is 51.2 Å². The van der Waals surface area contributed by atoms with Crippen LogP contribution in [0.5, 0.6) is 11.6 Å². The fraction of sp³-hybridized carbons (Fsp3) is 0.545. The van der Waals surface area contributed by atoms with Gasteiger partial charge in [0.2, 0.25) is 11.7 Å². The zero-order chi connectivity index (χ0) is 55.3. The molecule has 0 radical (unpaired) electrons. The minimum atomic E-state index is -4.94. The van der Waals surface area contributed by atoms with Gasteiger partial charge in [-0.1, -0.05) is 6.92 Å². The van der Waals surface area contributed by atoms with Crippen LogP contribution in [-0.2, 0) is 48.8 Å². The zero-order valence-electron chi connectivity index (χ0n) is 42.4. The van der Waals surface area contributed by atoms with Gasteiger partial charge in [-0.3, -0.25) is 44.5 Å². The maximum absolute atomic E-state index is 13.6. The van der Waals surface area contributed by atoms with E-state index in [9.17, 15) is 55.1 Å². The van der Waals surface area contributed by atoms with Gasteiger partial charge >= 0.3 is 59.8 Å². The number of alkyl halides is 6. The molecular formula is C44H61F6N10NaO13. The molecule has 0 bridgehead atoms. The van der Waals surface area contributed by atoms with E-state index in [1.807, 2.05) is 0 Å². The van der Waals surface area contributed by atoms with E-state index in [0.29, 0.717) is 36.7 Å². The van der Waals surface area contributed by atoms with E-state index in [-0.39, 0.29) is 107 Å². The van der Waals surface area contributed by atoms with Crippen molar-refractivity contribution in [2.75, 3.05) is 46.7 Å². The number of aromatic amines is 1. The maximum atomic E-state index is 13.6. The van der Waals surface area contributed by atoms with Gasteiger partial charge in [0, 0.05) is 32.5 Å². The number of hydrazine groups is 1. The fourth-order valence-corrected chi connectivity index (χ4v) is 6.97. The third-order valence-corrected chi connectivity index (χ3v) is 9.79. The van der Waals surface area contributed by atoms with Gasteiger partial charge in [-0.2, -0.15) is 26.3 Å². The fourth-order valence-electron chi connectivity index (χ4n) is 6.97. The molecule has 0 saturated heterocycles. The summed E-state index contributed by atoms with van der Waals surface area (Å²) in [5.74, 6) is -0.390. The summed E-state index contributed by atoms with van der Waals surface area (Å²) >= 11 is 0. The van der Waals surface area contributed by atoms with Gasteiger partial charge in [-0.25, -0.2) is 19.4 Å². The molecule has 2 amide bonds. The summed E-state index contributed by atoms with van der Waals surface area (Å²) in [5, 5.41) is 18.2. The Morgan fingerprint density at radius 2 is 1.46 bits per heavy atom. The van der Waals surface area contributed by atoms with Crippen molar-refractivity contribution in [1.82, 2.24) is 39.7 Å². The summed E-state index contributed by atoms with van der Waals surface area (Å²) in [7, 11) is 4.91. The monoisotopic (exact) mass is 1070 g/mol. The summed E-state index contributed by atoms with van der Waals surface area (Å²) in [6.45, 7) is 8.56. The Morgan fingerprint density at radius 3 is 1.93 bits per heavy atom.